The lowest BCUT2D eigenvalue weighted by molar-refractivity contribution is 1.20. The second-order valence-corrected chi connectivity index (χ2v) is 3.52. The summed E-state index contributed by atoms with van der Waals surface area (Å²) >= 11 is 0. The molecule has 1 aromatic heterocycles. The first-order valence-electron chi connectivity index (χ1n) is 4.51. The van der Waals surface area contributed by atoms with Crippen LogP contribution in [-0.2, 0) is 0 Å². The van der Waals surface area contributed by atoms with E-state index >= 15 is 0 Å². The van der Waals surface area contributed by atoms with Crippen LogP contribution in [0.1, 0.15) is 16.8 Å². The third-order valence-corrected chi connectivity index (χ3v) is 2.51. The number of hydrogen-bond donors (Lipinski definition) is 0. The molecule has 0 N–H and O–H groups in total. The van der Waals surface area contributed by atoms with E-state index in [0.717, 1.165) is 5.69 Å². The molecule has 1 heteroatoms. The van der Waals surface area contributed by atoms with Gasteiger partial charge in [-0.05, 0) is 37.3 Å². The summed E-state index contributed by atoms with van der Waals surface area (Å²) in [5.41, 5.74) is 3.69. The summed E-state index contributed by atoms with van der Waals surface area (Å²) in [6, 6.07) is 6.40. The van der Waals surface area contributed by atoms with Crippen LogP contribution in [0.5, 0.6) is 0 Å². The van der Waals surface area contributed by atoms with E-state index in [2.05, 4.69) is 44.0 Å². The quantitative estimate of drug-likeness (QED) is 0.593. The molecule has 13 heavy (non-hydrogen) atoms. The van der Waals surface area contributed by atoms with Crippen molar-refractivity contribution in [2.75, 3.05) is 0 Å². The predicted molar refractivity (Wildman–Crippen MR) is 56.0 cm³/mol. The molecule has 1 nitrogen and oxygen atoms in total. The second kappa shape index (κ2) is 2.84. The Bertz CT molecular complexity index is 450. The number of benzene rings is 1. The SMILES string of the molecule is Cc1cnc(C)c2c(C)cccc12. The van der Waals surface area contributed by atoms with Gasteiger partial charge in [0, 0.05) is 17.3 Å². The van der Waals surface area contributed by atoms with Crippen LogP contribution in [0.15, 0.2) is 24.4 Å². The first-order chi connectivity index (χ1) is 6.20. The minimum atomic E-state index is 1.12. The largest absolute Gasteiger partial charge is 0.261 e. The lowest BCUT2D eigenvalue weighted by Crippen LogP contribution is -1.89. The molecule has 2 rings (SSSR count). The molecule has 0 unspecified atom stereocenters. The summed E-state index contributed by atoms with van der Waals surface area (Å²) in [5, 5.41) is 2.63. The van der Waals surface area contributed by atoms with Crippen molar-refractivity contribution in [1.82, 2.24) is 4.98 Å². The zero-order valence-corrected chi connectivity index (χ0v) is 8.26. The lowest BCUT2D eigenvalue weighted by atomic mass is 10.0. The van der Waals surface area contributed by atoms with Crippen molar-refractivity contribution >= 4 is 10.8 Å². The molecular weight excluding hydrogens is 158 g/mol. The Morgan fingerprint density at radius 2 is 1.77 bits per heavy atom. The van der Waals surface area contributed by atoms with Gasteiger partial charge in [-0.1, -0.05) is 18.2 Å². The fourth-order valence-electron chi connectivity index (χ4n) is 1.80. The average Bonchev–Trinajstić information content (AvgIpc) is 2.12. The molecule has 0 fully saturated rings. The fourth-order valence-corrected chi connectivity index (χ4v) is 1.80. The van der Waals surface area contributed by atoms with Gasteiger partial charge >= 0.3 is 0 Å². The minimum Gasteiger partial charge on any atom is -0.261 e. The van der Waals surface area contributed by atoms with Crippen LogP contribution >= 0.6 is 0 Å². The van der Waals surface area contributed by atoms with Gasteiger partial charge in [0.15, 0.2) is 0 Å². The monoisotopic (exact) mass is 171 g/mol. The van der Waals surface area contributed by atoms with Gasteiger partial charge in [0.2, 0.25) is 0 Å². The van der Waals surface area contributed by atoms with Crippen molar-refractivity contribution in [2.45, 2.75) is 20.8 Å². The van der Waals surface area contributed by atoms with Crippen molar-refractivity contribution in [3.05, 3.63) is 41.2 Å². The molecule has 2 aromatic rings. The predicted octanol–water partition coefficient (Wildman–Crippen LogP) is 3.16. The van der Waals surface area contributed by atoms with Crippen molar-refractivity contribution in [3.8, 4) is 0 Å². The van der Waals surface area contributed by atoms with Crippen molar-refractivity contribution in [3.63, 3.8) is 0 Å². The third-order valence-electron chi connectivity index (χ3n) is 2.51. The molecule has 66 valence electrons. The van der Waals surface area contributed by atoms with E-state index in [-0.39, 0.29) is 0 Å². The number of rotatable bonds is 0. The summed E-state index contributed by atoms with van der Waals surface area (Å²) in [4.78, 5) is 4.37. The van der Waals surface area contributed by atoms with Gasteiger partial charge in [-0.15, -0.1) is 0 Å². The summed E-state index contributed by atoms with van der Waals surface area (Å²) in [6.07, 6.45) is 1.94. The van der Waals surface area contributed by atoms with Crippen LogP contribution in [0, 0.1) is 20.8 Å². The molecule has 0 aliphatic carbocycles. The molecule has 0 bridgehead atoms. The van der Waals surface area contributed by atoms with Crippen LogP contribution < -0.4 is 0 Å². The van der Waals surface area contributed by atoms with E-state index in [0.29, 0.717) is 0 Å². The van der Waals surface area contributed by atoms with Gasteiger partial charge in [-0.3, -0.25) is 4.98 Å². The topological polar surface area (TPSA) is 12.9 Å². The zero-order valence-electron chi connectivity index (χ0n) is 8.26. The van der Waals surface area contributed by atoms with Crippen LogP contribution in [0.4, 0.5) is 0 Å². The Morgan fingerprint density at radius 1 is 1.00 bits per heavy atom. The van der Waals surface area contributed by atoms with E-state index in [1.807, 2.05) is 6.20 Å². The molecule has 1 aromatic carbocycles. The van der Waals surface area contributed by atoms with Gasteiger partial charge < -0.3 is 0 Å². The minimum absolute atomic E-state index is 1.12. The Hall–Kier alpha value is -1.37. The number of fused-ring (bicyclic) bond motifs is 1. The molecule has 0 amide bonds. The first kappa shape index (κ1) is 8.24. The highest BCUT2D eigenvalue weighted by Crippen LogP contribution is 2.22. The summed E-state index contributed by atoms with van der Waals surface area (Å²) < 4.78 is 0. The number of nitrogens with zero attached hydrogens (tertiary/aromatic N) is 1. The Labute approximate surface area is 78.4 Å². The van der Waals surface area contributed by atoms with E-state index in [1.54, 1.807) is 0 Å². The lowest BCUT2D eigenvalue weighted by Gasteiger charge is -2.06. The smallest absolute Gasteiger partial charge is 0.0453 e. The van der Waals surface area contributed by atoms with E-state index in [1.165, 1.54) is 21.9 Å². The van der Waals surface area contributed by atoms with Crippen LogP contribution in [0.25, 0.3) is 10.8 Å². The number of aromatic nitrogens is 1. The van der Waals surface area contributed by atoms with Crippen LogP contribution in [0.2, 0.25) is 0 Å². The van der Waals surface area contributed by atoms with Crippen molar-refractivity contribution in [2.24, 2.45) is 0 Å². The van der Waals surface area contributed by atoms with Gasteiger partial charge in [-0.25, -0.2) is 0 Å². The fraction of sp³-hybridized carbons (Fsp3) is 0.250. The highest BCUT2D eigenvalue weighted by Gasteiger charge is 2.02. The molecule has 0 atom stereocenters. The molecule has 0 radical (unpaired) electrons. The number of pyridine rings is 1. The molecule has 1 heterocycles. The van der Waals surface area contributed by atoms with E-state index in [9.17, 15) is 0 Å². The van der Waals surface area contributed by atoms with Crippen LogP contribution in [0.3, 0.4) is 0 Å². The normalized spacial score (nSPS) is 10.7. The second-order valence-electron chi connectivity index (χ2n) is 3.52. The van der Waals surface area contributed by atoms with Gasteiger partial charge in [0.1, 0.15) is 0 Å². The molecule has 0 spiro atoms. The molecule has 0 aliphatic rings. The summed E-state index contributed by atoms with van der Waals surface area (Å²) in [6.45, 7) is 6.30. The standard InChI is InChI=1S/C12H13N/c1-8-5-4-6-11-9(2)7-13-10(3)12(8)11/h4-7H,1-3H3. The number of hydrogen-bond acceptors (Lipinski definition) is 1. The van der Waals surface area contributed by atoms with Crippen molar-refractivity contribution in [1.29, 1.82) is 0 Å². The van der Waals surface area contributed by atoms with Crippen molar-refractivity contribution < 1.29 is 0 Å². The Morgan fingerprint density at radius 3 is 2.46 bits per heavy atom. The third kappa shape index (κ3) is 1.21. The van der Waals surface area contributed by atoms with Gasteiger partial charge in [0.05, 0.1) is 0 Å². The summed E-state index contributed by atoms with van der Waals surface area (Å²) in [5.74, 6) is 0. The van der Waals surface area contributed by atoms with Crippen LogP contribution in [-0.4, -0.2) is 4.98 Å². The van der Waals surface area contributed by atoms with Gasteiger partial charge in [0.25, 0.3) is 0 Å². The van der Waals surface area contributed by atoms with Gasteiger partial charge in [-0.2, -0.15) is 0 Å². The average molecular weight is 171 g/mol. The molecular formula is C12H13N. The van der Waals surface area contributed by atoms with E-state index in [4.69, 9.17) is 0 Å². The molecule has 0 saturated heterocycles. The first-order valence-corrected chi connectivity index (χ1v) is 4.51. The highest BCUT2D eigenvalue weighted by atomic mass is 14.7. The number of aryl methyl sites for hydroxylation is 3. The maximum Gasteiger partial charge on any atom is 0.0453 e. The molecule has 0 aliphatic heterocycles. The maximum atomic E-state index is 4.37. The highest BCUT2D eigenvalue weighted by molar-refractivity contribution is 5.89. The zero-order chi connectivity index (χ0) is 9.42. The Balaban J connectivity index is 3.00. The Kier molecular flexibility index (Phi) is 1.80. The van der Waals surface area contributed by atoms with E-state index < -0.39 is 0 Å². The summed E-state index contributed by atoms with van der Waals surface area (Å²) in [7, 11) is 0. The molecule has 0 saturated carbocycles. The maximum absolute atomic E-state index is 4.37.